The van der Waals surface area contributed by atoms with Crippen LogP contribution in [0.2, 0.25) is 0 Å². The van der Waals surface area contributed by atoms with Gasteiger partial charge < -0.3 is 19.9 Å². The third kappa shape index (κ3) is 5.49. The van der Waals surface area contributed by atoms with E-state index in [9.17, 15) is 4.79 Å². The van der Waals surface area contributed by atoms with E-state index in [0.717, 1.165) is 31.5 Å². The van der Waals surface area contributed by atoms with E-state index in [0.29, 0.717) is 6.04 Å². The molecule has 1 aliphatic carbocycles. The number of ether oxygens (including phenoxy) is 1. The molecule has 0 aliphatic heterocycles. The number of carbonyl (C=O) groups is 1. The molecule has 0 aromatic carbocycles. The lowest BCUT2D eigenvalue weighted by molar-refractivity contribution is 0.0488. The van der Waals surface area contributed by atoms with Gasteiger partial charge in [-0.05, 0) is 53.4 Å². The number of carbonyl (C=O) groups excluding carboxylic acids is 1. The molecule has 7 heteroatoms. The van der Waals surface area contributed by atoms with Gasteiger partial charge in [-0.25, -0.2) is 4.79 Å². The van der Waals surface area contributed by atoms with Crippen LogP contribution in [0.1, 0.15) is 65.2 Å². The summed E-state index contributed by atoms with van der Waals surface area (Å²) in [7, 11) is 1.95. The zero-order valence-electron chi connectivity index (χ0n) is 14.8. The van der Waals surface area contributed by atoms with Crippen molar-refractivity contribution in [3.05, 3.63) is 12.2 Å². The van der Waals surface area contributed by atoms with Crippen LogP contribution in [0.15, 0.2) is 6.33 Å². The maximum Gasteiger partial charge on any atom is 0.407 e. The van der Waals surface area contributed by atoms with E-state index in [1.54, 1.807) is 6.33 Å². The number of aromatic nitrogens is 3. The molecule has 1 aromatic heterocycles. The number of amides is 1. The Bertz CT molecular complexity index is 523. The maximum atomic E-state index is 11.9. The highest BCUT2D eigenvalue weighted by atomic mass is 16.6. The van der Waals surface area contributed by atoms with Gasteiger partial charge in [0.05, 0.1) is 6.04 Å². The summed E-state index contributed by atoms with van der Waals surface area (Å²) >= 11 is 0. The molecule has 1 aromatic rings. The summed E-state index contributed by atoms with van der Waals surface area (Å²) < 4.78 is 7.27. The standard InChI is InChI=1S/C16H29N5O2/c1-11(14-20-17-10-21(14)5)18-12-7-6-8-13(9-12)19-15(22)23-16(2,3)4/h10-13,18H,6-9H2,1-5H3,(H,19,22). The Morgan fingerprint density at radius 2 is 2.09 bits per heavy atom. The smallest absolute Gasteiger partial charge is 0.407 e. The number of hydrogen-bond acceptors (Lipinski definition) is 5. The zero-order valence-corrected chi connectivity index (χ0v) is 14.8. The summed E-state index contributed by atoms with van der Waals surface area (Å²) in [6, 6.07) is 0.644. The highest BCUT2D eigenvalue weighted by Gasteiger charge is 2.27. The predicted molar refractivity (Wildman–Crippen MR) is 88.0 cm³/mol. The minimum Gasteiger partial charge on any atom is -0.444 e. The Kier molecular flexibility index (Phi) is 5.62. The van der Waals surface area contributed by atoms with Gasteiger partial charge in [0, 0.05) is 19.1 Å². The van der Waals surface area contributed by atoms with Crippen LogP contribution in [0, 0.1) is 0 Å². The van der Waals surface area contributed by atoms with Crippen LogP contribution < -0.4 is 10.6 Å². The molecule has 0 saturated heterocycles. The van der Waals surface area contributed by atoms with Crippen molar-refractivity contribution in [2.75, 3.05) is 0 Å². The normalized spacial score (nSPS) is 23.3. The molecule has 7 nitrogen and oxygen atoms in total. The van der Waals surface area contributed by atoms with Crippen LogP contribution in [0.4, 0.5) is 4.79 Å². The molecule has 3 unspecified atom stereocenters. The first-order chi connectivity index (χ1) is 10.7. The lowest BCUT2D eigenvalue weighted by Gasteiger charge is -2.32. The molecular weight excluding hydrogens is 294 g/mol. The van der Waals surface area contributed by atoms with Crippen molar-refractivity contribution in [2.24, 2.45) is 7.05 Å². The SMILES string of the molecule is CC(NC1CCCC(NC(=O)OC(C)(C)C)C1)c1nncn1C. The van der Waals surface area contributed by atoms with E-state index in [2.05, 4.69) is 27.8 Å². The number of aryl methyl sites for hydroxylation is 1. The van der Waals surface area contributed by atoms with Crippen molar-refractivity contribution < 1.29 is 9.53 Å². The van der Waals surface area contributed by atoms with Gasteiger partial charge in [-0.2, -0.15) is 0 Å². The quantitative estimate of drug-likeness (QED) is 0.888. The first kappa shape index (κ1) is 17.7. The summed E-state index contributed by atoms with van der Waals surface area (Å²) in [6.07, 6.45) is 5.47. The highest BCUT2D eigenvalue weighted by Crippen LogP contribution is 2.22. The van der Waals surface area contributed by atoms with Gasteiger partial charge in [0.1, 0.15) is 17.8 Å². The van der Waals surface area contributed by atoms with Crippen molar-refractivity contribution in [2.45, 2.75) is 77.1 Å². The van der Waals surface area contributed by atoms with E-state index >= 15 is 0 Å². The van der Waals surface area contributed by atoms with Crippen LogP contribution >= 0.6 is 0 Å². The van der Waals surface area contributed by atoms with Crippen LogP contribution in [0.25, 0.3) is 0 Å². The third-order valence-electron chi connectivity index (χ3n) is 4.01. The third-order valence-corrected chi connectivity index (χ3v) is 4.01. The Hall–Kier alpha value is -1.63. The molecule has 1 fully saturated rings. The Morgan fingerprint density at radius 1 is 1.39 bits per heavy atom. The number of nitrogens with one attached hydrogen (secondary N) is 2. The molecule has 2 rings (SSSR count). The van der Waals surface area contributed by atoms with Gasteiger partial charge in [-0.3, -0.25) is 0 Å². The fraction of sp³-hybridized carbons (Fsp3) is 0.812. The molecule has 1 heterocycles. The van der Waals surface area contributed by atoms with E-state index in [1.807, 2.05) is 32.4 Å². The van der Waals surface area contributed by atoms with E-state index < -0.39 is 5.60 Å². The van der Waals surface area contributed by atoms with E-state index in [-0.39, 0.29) is 18.2 Å². The van der Waals surface area contributed by atoms with Crippen molar-refractivity contribution in [1.82, 2.24) is 25.4 Å². The van der Waals surface area contributed by atoms with E-state index in [1.165, 1.54) is 0 Å². The lowest BCUT2D eigenvalue weighted by atomic mass is 9.90. The van der Waals surface area contributed by atoms with Crippen LogP contribution in [0.5, 0.6) is 0 Å². The van der Waals surface area contributed by atoms with Crippen LogP contribution in [-0.2, 0) is 11.8 Å². The number of rotatable bonds is 4. The van der Waals surface area contributed by atoms with Crippen molar-refractivity contribution in [1.29, 1.82) is 0 Å². The Balaban J connectivity index is 1.84. The second-order valence-corrected chi connectivity index (χ2v) is 7.40. The van der Waals surface area contributed by atoms with Crippen molar-refractivity contribution in [3.8, 4) is 0 Å². The molecule has 23 heavy (non-hydrogen) atoms. The molecular formula is C16H29N5O2. The minimum absolute atomic E-state index is 0.132. The predicted octanol–water partition coefficient (Wildman–Crippen LogP) is 2.30. The average molecular weight is 323 g/mol. The zero-order chi connectivity index (χ0) is 17.0. The molecule has 130 valence electrons. The van der Waals surface area contributed by atoms with Gasteiger partial charge >= 0.3 is 6.09 Å². The second-order valence-electron chi connectivity index (χ2n) is 7.40. The average Bonchev–Trinajstić information content (AvgIpc) is 2.83. The molecule has 1 saturated carbocycles. The molecule has 3 atom stereocenters. The fourth-order valence-corrected chi connectivity index (χ4v) is 3.06. The minimum atomic E-state index is -0.462. The van der Waals surface area contributed by atoms with Crippen LogP contribution in [-0.4, -0.2) is 38.5 Å². The first-order valence-electron chi connectivity index (χ1n) is 8.34. The monoisotopic (exact) mass is 323 g/mol. The summed E-state index contributed by atoms with van der Waals surface area (Å²) in [5.74, 6) is 0.923. The lowest BCUT2D eigenvalue weighted by Crippen LogP contribution is -2.46. The molecule has 1 aliphatic rings. The van der Waals surface area contributed by atoms with Gasteiger partial charge in [-0.1, -0.05) is 0 Å². The summed E-state index contributed by atoms with van der Waals surface area (Å²) in [5.41, 5.74) is -0.462. The van der Waals surface area contributed by atoms with Gasteiger partial charge in [0.2, 0.25) is 0 Å². The number of alkyl carbamates (subject to hydrolysis) is 1. The largest absolute Gasteiger partial charge is 0.444 e. The number of hydrogen-bond donors (Lipinski definition) is 2. The summed E-state index contributed by atoms with van der Waals surface area (Å²) in [6.45, 7) is 7.72. The highest BCUT2D eigenvalue weighted by molar-refractivity contribution is 5.68. The van der Waals surface area contributed by atoms with Gasteiger partial charge in [-0.15, -0.1) is 10.2 Å². The Labute approximate surface area is 138 Å². The molecule has 2 N–H and O–H groups in total. The summed E-state index contributed by atoms with van der Waals surface area (Å²) in [4.78, 5) is 11.9. The van der Waals surface area contributed by atoms with E-state index in [4.69, 9.17) is 4.74 Å². The molecule has 0 spiro atoms. The number of nitrogens with zero attached hydrogens (tertiary/aromatic N) is 3. The summed E-state index contributed by atoms with van der Waals surface area (Å²) in [5, 5.41) is 14.7. The van der Waals surface area contributed by atoms with Crippen LogP contribution in [0.3, 0.4) is 0 Å². The van der Waals surface area contributed by atoms with Crippen molar-refractivity contribution >= 4 is 6.09 Å². The Morgan fingerprint density at radius 3 is 2.70 bits per heavy atom. The molecule has 1 amide bonds. The van der Waals surface area contributed by atoms with Gasteiger partial charge in [0.25, 0.3) is 0 Å². The maximum absolute atomic E-state index is 11.9. The molecule has 0 bridgehead atoms. The molecule has 0 radical (unpaired) electrons. The topological polar surface area (TPSA) is 81.1 Å². The van der Waals surface area contributed by atoms with Crippen molar-refractivity contribution in [3.63, 3.8) is 0 Å². The fourth-order valence-electron chi connectivity index (χ4n) is 3.06. The second kappa shape index (κ2) is 7.29. The van der Waals surface area contributed by atoms with Gasteiger partial charge in [0.15, 0.2) is 0 Å². The first-order valence-corrected chi connectivity index (χ1v) is 8.34.